The highest BCUT2D eigenvalue weighted by molar-refractivity contribution is 8.28. The molecule has 0 aromatic rings. The minimum atomic E-state index is 0.0729. The van der Waals surface area contributed by atoms with Crippen molar-refractivity contribution in [3.05, 3.63) is 0 Å². The van der Waals surface area contributed by atoms with Gasteiger partial charge in [0.15, 0.2) is 0 Å². The van der Waals surface area contributed by atoms with Gasteiger partial charge in [0.2, 0.25) is 0 Å². The van der Waals surface area contributed by atoms with Gasteiger partial charge in [-0.15, -0.1) is 0 Å². The Morgan fingerprint density at radius 3 is 1.57 bits per heavy atom. The zero-order valence-electron chi connectivity index (χ0n) is 10.0. The van der Waals surface area contributed by atoms with Crippen LogP contribution in [-0.4, -0.2) is 58.0 Å². The fourth-order valence-corrected chi connectivity index (χ4v) is 6.15. The van der Waals surface area contributed by atoms with Gasteiger partial charge in [0.05, 0.1) is 0 Å². The molecule has 0 spiro atoms. The summed E-state index contributed by atoms with van der Waals surface area (Å²) in [5, 5.41) is 0. The summed E-state index contributed by atoms with van der Waals surface area (Å²) in [6, 6.07) is 0. The Morgan fingerprint density at radius 1 is 0.857 bits per heavy atom. The highest BCUT2D eigenvalue weighted by Crippen LogP contribution is 2.36. The second-order valence-corrected chi connectivity index (χ2v) is 9.72. The van der Waals surface area contributed by atoms with E-state index in [-0.39, 0.29) is 22.2 Å². The van der Waals surface area contributed by atoms with E-state index in [0.717, 1.165) is 6.54 Å². The number of nitrogens with zero attached hydrogens (tertiary/aromatic N) is 2. The van der Waals surface area contributed by atoms with Crippen LogP contribution >= 0.6 is 46.1 Å². The predicted molar refractivity (Wildman–Crippen MR) is 82.1 cm³/mol. The number of thiol groups is 2. The van der Waals surface area contributed by atoms with Crippen molar-refractivity contribution in [1.29, 1.82) is 0 Å². The van der Waals surface area contributed by atoms with Crippen LogP contribution in [0.25, 0.3) is 0 Å². The fourth-order valence-electron chi connectivity index (χ4n) is 1.19. The first-order valence-electron chi connectivity index (χ1n) is 4.50. The minimum Gasteiger partial charge on any atom is -0.236 e. The van der Waals surface area contributed by atoms with E-state index in [1.54, 1.807) is 0 Å². The molecule has 0 amide bonds. The van der Waals surface area contributed by atoms with Crippen LogP contribution in [0.3, 0.4) is 0 Å². The molecule has 90 valence electrons. The summed E-state index contributed by atoms with van der Waals surface area (Å²) in [5.74, 6) is 0. The maximum Gasteiger partial charge on any atom is 0.0348 e. The maximum absolute atomic E-state index is 2.66. The number of hydrogen-bond acceptors (Lipinski definition) is 4. The third kappa shape index (κ3) is 6.02. The molecule has 0 aliphatic carbocycles. The van der Waals surface area contributed by atoms with Crippen LogP contribution in [0.2, 0.25) is 0 Å². The fraction of sp³-hybridized carbons (Fsp3) is 1.00. The molecule has 0 aromatic carbocycles. The first-order valence-corrected chi connectivity index (χ1v) is 11.2. The van der Waals surface area contributed by atoms with Crippen molar-refractivity contribution in [2.24, 2.45) is 0 Å². The zero-order chi connectivity index (χ0) is 11.1. The Labute approximate surface area is 104 Å². The minimum absolute atomic E-state index is 0.0729. The molecular formula is C8H24N2S4. The van der Waals surface area contributed by atoms with Gasteiger partial charge >= 0.3 is 0 Å². The van der Waals surface area contributed by atoms with Gasteiger partial charge in [0.25, 0.3) is 0 Å². The first-order chi connectivity index (χ1) is 6.52. The summed E-state index contributed by atoms with van der Waals surface area (Å²) in [6.07, 6.45) is 13.7. The summed E-state index contributed by atoms with van der Waals surface area (Å²) >= 11 is 3.78. The molecule has 0 radical (unpaired) electrons. The second kappa shape index (κ2) is 8.47. The Morgan fingerprint density at radius 2 is 1.29 bits per heavy atom. The van der Waals surface area contributed by atoms with Crippen LogP contribution < -0.4 is 0 Å². The molecule has 6 heteroatoms. The molecule has 0 N–H and O–H groups in total. The van der Waals surface area contributed by atoms with E-state index < -0.39 is 0 Å². The third-order valence-electron chi connectivity index (χ3n) is 1.81. The lowest BCUT2D eigenvalue weighted by atomic mass is 10.7. The largest absolute Gasteiger partial charge is 0.236 e. The van der Waals surface area contributed by atoms with Crippen molar-refractivity contribution < 1.29 is 0 Å². The van der Waals surface area contributed by atoms with Crippen LogP contribution in [0.15, 0.2) is 0 Å². The predicted octanol–water partition coefficient (Wildman–Crippen LogP) is 2.50. The van der Waals surface area contributed by atoms with Crippen molar-refractivity contribution in [2.45, 2.75) is 0 Å². The Hall–Kier alpha value is 1.32. The highest BCUT2D eigenvalue weighted by atomic mass is 32.3. The van der Waals surface area contributed by atoms with Gasteiger partial charge in [0, 0.05) is 13.1 Å². The van der Waals surface area contributed by atoms with Crippen LogP contribution in [0.5, 0.6) is 0 Å². The molecule has 0 aliphatic rings. The van der Waals surface area contributed by atoms with Crippen LogP contribution in [0.1, 0.15) is 0 Å². The Bertz CT molecular complexity index is 131. The van der Waals surface area contributed by atoms with Crippen molar-refractivity contribution in [1.82, 2.24) is 7.42 Å². The topological polar surface area (TPSA) is 6.48 Å². The molecule has 0 bridgehead atoms. The molecule has 14 heavy (non-hydrogen) atoms. The average Bonchev–Trinajstić information content (AvgIpc) is 2.11. The molecule has 2 nitrogen and oxygen atoms in total. The SMILES string of the molecule is CSN(CCN([SH](C)C)[SH](C)C)SC. The zero-order valence-corrected chi connectivity index (χ0v) is 13.4. The first kappa shape index (κ1) is 15.3. The Balaban J connectivity index is 3.92. The van der Waals surface area contributed by atoms with Gasteiger partial charge in [-0.3, -0.25) is 0 Å². The summed E-state index contributed by atoms with van der Waals surface area (Å²) in [5.41, 5.74) is 0. The normalized spacial score (nSPS) is 13.7. The van der Waals surface area contributed by atoms with Crippen LogP contribution in [-0.2, 0) is 0 Å². The summed E-state index contributed by atoms with van der Waals surface area (Å²) in [7, 11) is 0. The van der Waals surface area contributed by atoms with Gasteiger partial charge in [-0.25, -0.2) is 3.71 Å². The van der Waals surface area contributed by atoms with E-state index in [0.29, 0.717) is 0 Å². The molecule has 0 aromatic heterocycles. The van der Waals surface area contributed by atoms with E-state index in [4.69, 9.17) is 0 Å². The maximum atomic E-state index is 2.66. The molecule has 0 aliphatic heterocycles. The average molecular weight is 277 g/mol. The molecule has 0 saturated heterocycles. The molecule has 0 heterocycles. The summed E-state index contributed by atoms with van der Waals surface area (Å²) in [6.45, 7) is 2.36. The van der Waals surface area contributed by atoms with Gasteiger partial charge in [-0.1, -0.05) is 23.9 Å². The third-order valence-corrected chi connectivity index (χ3v) is 8.28. The lowest BCUT2D eigenvalue weighted by molar-refractivity contribution is 0.630. The van der Waals surface area contributed by atoms with Crippen molar-refractivity contribution in [3.8, 4) is 0 Å². The molecule has 0 unspecified atom stereocenters. The smallest absolute Gasteiger partial charge is 0.0348 e. The lowest BCUT2D eigenvalue weighted by Gasteiger charge is -2.36. The molecule has 0 atom stereocenters. The van der Waals surface area contributed by atoms with Gasteiger partial charge < -0.3 is 0 Å². The monoisotopic (exact) mass is 276 g/mol. The highest BCUT2D eigenvalue weighted by Gasteiger charge is 2.10. The molecule has 0 fully saturated rings. The van der Waals surface area contributed by atoms with Crippen LogP contribution in [0, 0.1) is 0 Å². The van der Waals surface area contributed by atoms with E-state index in [2.05, 4.69) is 45.0 Å². The molecule has 0 rings (SSSR count). The van der Waals surface area contributed by atoms with Gasteiger partial charge in [-0.2, -0.15) is 25.9 Å². The quantitative estimate of drug-likeness (QED) is 0.544. The van der Waals surface area contributed by atoms with Crippen molar-refractivity contribution in [3.63, 3.8) is 0 Å². The number of hydrogen-bond donors (Lipinski definition) is 2. The summed E-state index contributed by atoms with van der Waals surface area (Å²) < 4.78 is 4.99. The van der Waals surface area contributed by atoms with E-state index in [1.807, 2.05) is 23.9 Å². The number of rotatable bonds is 7. The van der Waals surface area contributed by atoms with Crippen molar-refractivity contribution in [2.75, 3.05) is 50.6 Å². The van der Waals surface area contributed by atoms with Crippen LogP contribution in [0.4, 0.5) is 0 Å². The molecular weight excluding hydrogens is 252 g/mol. The second-order valence-electron chi connectivity index (χ2n) is 3.21. The van der Waals surface area contributed by atoms with Gasteiger partial charge in [0.1, 0.15) is 0 Å². The van der Waals surface area contributed by atoms with E-state index in [9.17, 15) is 0 Å². The van der Waals surface area contributed by atoms with E-state index >= 15 is 0 Å². The van der Waals surface area contributed by atoms with Gasteiger partial charge in [-0.05, 0) is 37.5 Å². The lowest BCUT2D eigenvalue weighted by Crippen LogP contribution is -2.24. The van der Waals surface area contributed by atoms with Crippen molar-refractivity contribution >= 4 is 46.1 Å². The summed E-state index contributed by atoms with van der Waals surface area (Å²) in [4.78, 5) is 0. The molecule has 0 saturated carbocycles. The standard InChI is InChI=1S/C8H24N2S4/c1-11-9(12-2)7-8-10(13(3)4)14(5)6/h13-14H,7-8H2,1-6H3. The Kier molecular flexibility index (Phi) is 9.27. The van der Waals surface area contributed by atoms with E-state index in [1.165, 1.54) is 6.54 Å².